The summed E-state index contributed by atoms with van der Waals surface area (Å²) in [4.78, 5) is 2.11. The van der Waals surface area contributed by atoms with E-state index < -0.39 is 7.60 Å². The molecule has 1 aromatic rings. The molecule has 0 spiro atoms. The molecule has 5 nitrogen and oxygen atoms in total. The van der Waals surface area contributed by atoms with Crippen molar-refractivity contribution >= 4 is 30.6 Å². The largest absolute Gasteiger partial charge is 0.382 e. The zero-order valence-electron chi connectivity index (χ0n) is 13.1. The summed E-state index contributed by atoms with van der Waals surface area (Å²) in [5.41, 5.74) is 2.67. The molecule has 7 heteroatoms. The molecule has 0 aliphatic carbocycles. The molecule has 0 fully saturated rings. The van der Waals surface area contributed by atoms with Gasteiger partial charge in [0.2, 0.25) is 0 Å². The normalized spacial score (nSPS) is 17.1. The third kappa shape index (κ3) is 4.05. The Morgan fingerprint density at radius 1 is 1.36 bits per heavy atom. The van der Waals surface area contributed by atoms with Crippen LogP contribution in [0.3, 0.4) is 0 Å². The van der Waals surface area contributed by atoms with Crippen LogP contribution >= 0.6 is 19.2 Å². The second kappa shape index (κ2) is 7.51. The Labute approximate surface area is 136 Å². The molecule has 0 amide bonds. The molecule has 0 saturated carbocycles. The lowest BCUT2D eigenvalue weighted by Gasteiger charge is -2.19. The second-order valence-corrected chi connectivity index (χ2v) is 7.22. The van der Waals surface area contributed by atoms with Gasteiger partial charge in [-0.2, -0.15) is 0 Å². The molecule has 1 heterocycles. The van der Waals surface area contributed by atoms with Gasteiger partial charge in [0.1, 0.15) is 0 Å². The van der Waals surface area contributed by atoms with E-state index in [9.17, 15) is 4.57 Å². The van der Waals surface area contributed by atoms with Crippen LogP contribution in [0, 0.1) is 0 Å². The maximum Gasteiger partial charge on any atom is 0.356 e. The van der Waals surface area contributed by atoms with Gasteiger partial charge < -0.3 is 19.3 Å². The molecule has 0 saturated heterocycles. The summed E-state index contributed by atoms with van der Waals surface area (Å²) in [6.45, 7) is 5.80. The maximum absolute atomic E-state index is 12.8. The lowest BCUT2D eigenvalue weighted by molar-refractivity contribution is 0.229. The number of nitrogens with one attached hydrogen (secondary N) is 1. The zero-order valence-corrected chi connectivity index (χ0v) is 14.8. The Morgan fingerprint density at radius 2 is 2.05 bits per heavy atom. The third-order valence-corrected chi connectivity index (χ3v) is 5.37. The van der Waals surface area contributed by atoms with Crippen molar-refractivity contribution in [1.82, 2.24) is 5.32 Å². The van der Waals surface area contributed by atoms with Crippen molar-refractivity contribution in [3.63, 3.8) is 0 Å². The van der Waals surface area contributed by atoms with Crippen LogP contribution in [-0.4, -0.2) is 33.4 Å². The standard InChI is InChI=1S/C15H22ClN2O3P/c1-4-20-22(19,21-5-2)11-14-13-7-6-12(16)10-15(13)18(3)9-8-17-14/h6-7,10-11,17H,4-5,8-9H2,1-3H3. The van der Waals surface area contributed by atoms with E-state index in [2.05, 4.69) is 10.2 Å². The lowest BCUT2D eigenvalue weighted by Crippen LogP contribution is -2.24. The highest BCUT2D eigenvalue weighted by Gasteiger charge is 2.24. The van der Waals surface area contributed by atoms with Crippen molar-refractivity contribution in [2.24, 2.45) is 0 Å². The molecule has 22 heavy (non-hydrogen) atoms. The molecule has 0 radical (unpaired) electrons. The first-order valence-corrected chi connectivity index (χ1v) is 9.34. The molecule has 0 unspecified atom stereocenters. The van der Waals surface area contributed by atoms with E-state index >= 15 is 0 Å². The molecule has 0 aromatic heterocycles. The highest BCUT2D eigenvalue weighted by atomic mass is 35.5. The summed E-state index contributed by atoms with van der Waals surface area (Å²) in [6, 6.07) is 5.64. The Balaban J connectivity index is 2.48. The van der Waals surface area contributed by atoms with Crippen LogP contribution in [0.4, 0.5) is 5.69 Å². The molecule has 1 N–H and O–H groups in total. The summed E-state index contributed by atoms with van der Waals surface area (Å²) in [6.07, 6.45) is 0. The minimum absolute atomic E-state index is 0.328. The number of fused-ring (bicyclic) bond motifs is 1. The highest BCUT2D eigenvalue weighted by molar-refractivity contribution is 7.57. The topological polar surface area (TPSA) is 50.8 Å². The molecule has 0 bridgehead atoms. The molecular weight excluding hydrogens is 323 g/mol. The predicted octanol–water partition coefficient (Wildman–Crippen LogP) is 3.94. The summed E-state index contributed by atoms with van der Waals surface area (Å²) >= 11 is 6.10. The van der Waals surface area contributed by atoms with E-state index in [0.717, 1.165) is 30.0 Å². The van der Waals surface area contributed by atoms with Gasteiger partial charge in [0, 0.05) is 36.4 Å². The maximum atomic E-state index is 12.8. The summed E-state index contributed by atoms with van der Waals surface area (Å²) in [5, 5.41) is 3.98. The summed E-state index contributed by atoms with van der Waals surface area (Å²) in [5.74, 6) is 1.58. The van der Waals surface area contributed by atoms with Crippen LogP contribution in [0.1, 0.15) is 19.4 Å². The van der Waals surface area contributed by atoms with Crippen LogP contribution < -0.4 is 10.2 Å². The van der Waals surface area contributed by atoms with E-state index in [4.69, 9.17) is 20.6 Å². The Morgan fingerprint density at radius 3 is 2.68 bits per heavy atom. The van der Waals surface area contributed by atoms with Crippen molar-refractivity contribution in [2.75, 3.05) is 38.3 Å². The Bertz CT molecular complexity index is 596. The highest BCUT2D eigenvalue weighted by Crippen LogP contribution is 2.51. The first kappa shape index (κ1) is 17.4. The fourth-order valence-corrected chi connectivity index (χ4v) is 4.02. The molecular formula is C15H22ClN2O3P. The van der Waals surface area contributed by atoms with Crippen molar-refractivity contribution in [3.8, 4) is 0 Å². The van der Waals surface area contributed by atoms with Gasteiger partial charge in [-0.3, -0.25) is 4.57 Å². The molecule has 0 atom stereocenters. The quantitative estimate of drug-likeness (QED) is 0.820. The smallest absolute Gasteiger partial charge is 0.356 e. The zero-order chi connectivity index (χ0) is 16.2. The van der Waals surface area contributed by atoms with Crippen LogP contribution in [0.15, 0.2) is 24.0 Å². The van der Waals surface area contributed by atoms with Crippen LogP contribution in [0.2, 0.25) is 5.02 Å². The van der Waals surface area contributed by atoms with Gasteiger partial charge in [-0.25, -0.2) is 0 Å². The molecule has 1 aliphatic rings. The summed E-state index contributed by atoms with van der Waals surface area (Å²) < 4.78 is 23.5. The Kier molecular flexibility index (Phi) is 5.93. The number of rotatable bonds is 5. The van der Waals surface area contributed by atoms with Crippen molar-refractivity contribution in [3.05, 3.63) is 34.6 Å². The Hall–Kier alpha value is -1.00. The summed E-state index contributed by atoms with van der Waals surface area (Å²) in [7, 11) is -1.27. The van der Waals surface area contributed by atoms with E-state index in [1.54, 1.807) is 19.7 Å². The van der Waals surface area contributed by atoms with E-state index in [0.29, 0.717) is 18.2 Å². The van der Waals surface area contributed by atoms with Gasteiger partial charge in [0.15, 0.2) is 0 Å². The van der Waals surface area contributed by atoms with E-state index in [1.165, 1.54) is 0 Å². The van der Waals surface area contributed by atoms with Crippen molar-refractivity contribution < 1.29 is 13.6 Å². The number of hydrogen-bond donors (Lipinski definition) is 1. The van der Waals surface area contributed by atoms with Crippen LogP contribution in [0.5, 0.6) is 0 Å². The third-order valence-electron chi connectivity index (χ3n) is 3.33. The SMILES string of the molecule is CCOP(=O)(C=C1NCCN(C)c2cc(Cl)ccc21)OCC. The first-order chi connectivity index (χ1) is 10.5. The van der Waals surface area contributed by atoms with Crippen molar-refractivity contribution in [2.45, 2.75) is 13.8 Å². The fraction of sp³-hybridized carbons (Fsp3) is 0.467. The van der Waals surface area contributed by atoms with Gasteiger partial charge >= 0.3 is 7.60 Å². The average Bonchev–Trinajstić information content (AvgIpc) is 2.59. The van der Waals surface area contributed by atoms with E-state index in [1.807, 2.05) is 25.2 Å². The molecule has 122 valence electrons. The van der Waals surface area contributed by atoms with Crippen LogP contribution in [-0.2, 0) is 13.6 Å². The number of likely N-dealkylation sites (N-methyl/N-ethyl adjacent to an activating group) is 1. The average molecular weight is 345 g/mol. The number of anilines is 1. The molecule has 1 aliphatic heterocycles. The number of hydrogen-bond acceptors (Lipinski definition) is 5. The van der Waals surface area contributed by atoms with Gasteiger partial charge in [-0.05, 0) is 32.0 Å². The van der Waals surface area contributed by atoms with Gasteiger partial charge in [-0.1, -0.05) is 11.6 Å². The second-order valence-electron chi connectivity index (χ2n) is 4.93. The number of halogens is 1. The predicted molar refractivity (Wildman–Crippen MR) is 91.6 cm³/mol. The minimum Gasteiger partial charge on any atom is -0.382 e. The first-order valence-electron chi connectivity index (χ1n) is 7.35. The van der Waals surface area contributed by atoms with E-state index in [-0.39, 0.29) is 0 Å². The molecule has 2 rings (SSSR count). The van der Waals surface area contributed by atoms with Gasteiger partial charge in [0.05, 0.1) is 24.7 Å². The lowest BCUT2D eigenvalue weighted by atomic mass is 10.1. The van der Waals surface area contributed by atoms with Crippen molar-refractivity contribution in [1.29, 1.82) is 0 Å². The monoisotopic (exact) mass is 344 g/mol. The number of nitrogens with zero attached hydrogens (tertiary/aromatic N) is 1. The van der Waals surface area contributed by atoms with Gasteiger partial charge in [0.25, 0.3) is 0 Å². The molecule has 1 aromatic carbocycles. The minimum atomic E-state index is -3.27. The number of benzene rings is 1. The van der Waals surface area contributed by atoms with Gasteiger partial charge in [-0.15, -0.1) is 0 Å². The fourth-order valence-electron chi connectivity index (χ4n) is 2.37. The van der Waals surface area contributed by atoms with Crippen LogP contribution in [0.25, 0.3) is 5.70 Å².